The number of nitrogens with zero attached hydrogens (tertiary/aromatic N) is 1. The Kier molecular flexibility index (Phi) is 5.71. The van der Waals surface area contributed by atoms with E-state index in [1.165, 1.54) is 12.8 Å². The maximum atomic E-state index is 12.6. The van der Waals surface area contributed by atoms with Gasteiger partial charge in [-0.05, 0) is 59.6 Å². The third-order valence-electron chi connectivity index (χ3n) is 4.36. The van der Waals surface area contributed by atoms with E-state index in [0.717, 1.165) is 18.7 Å². The molecule has 3 rings (SSSR count). The van der Waals surface area contributed by atoms with Crippen LogP contribution in [-0.4, -0.2) is 33.0 Å². The molecule has 2 aromatic carbocycles. The largest absolute Gasteiger partial charge is 0.295 e. The van der Waals surface area contributed by atoms with Gasteiger partial charge in [0.05, 0.1) is 4.90 Å². The van der Waals surface area contributed by atoms with Gasteiger partial charge in [-0.1, -0.05) is 42.5 Å². The standard InChI is InChI=1S/C18H21BrN2O2S/c19-16-10-4-5-11-18(16)24(22,23)20-14-17(21-12-6-7-13-21)15-8-2-1-3-9-15/h1-5,8-11,17,20H,6-7,12-14H2/t17-/m1/s1. The second kappa shape index (κ2) is 7.78. The van der Waals surface area contributed by atoms with Gasteiger partial charge in [0.25, 0.3) is 0 Å². The topological polar surface area (TPSA) is 49.4 Å². The van der Waals surface area contributed by atoms with Crippen LogP contribution in [0.5, 0.6) is 0 Å². The molecule has 0 aliphatic carbocycles. The van der Waals surface area contributed by atoms with Crippen molar-refractivity contribution in [3.63, 3.8) is 0 Å². The summed E-state index contributed by atoms with van der Waals surface area (Å²) in [6, 6.07) is 17.1. The van der Waals surface area contributed by atoms with Gasteiger partial charge in [-0.3, -0.25) is 4.90 Å². The zero-order valence-electron chi connectivity index (χ0n) is 13.4. The summed E-state index contributed by atoms with van der Waals surface area (Å²) in [5.41, 5.74) is 1.15. The second-order valence-electron chi connectivity index (χ2n) is 5.95. The molecule has 1 saturated heterocycles. The number of halogens is 1. The Morgan fingerprint density at radius 2 is 1.62 bits per heavy atom. The molecule has 6 heteroatoms. The van der Waals surface area contributed by atoms with Crippen molar-refractivity contribution in [2.24, 2.45) is 0 Å². The van der Waals surface area contributed by atoms with Gasteiger partial charge in [-0.25, -0.2) is 13.1 Å². The van der Waals surface area contributed by atoms with Crippen LogP contribution in [0.15, 0.2) is 64.0 Å². The Morgan fingerprint density at radius 1 is 1.00 bits per heavy atom. The van der Waals surface area contributed by atoms with Crippen molar-refractivity contribution < 1.29 is 8.42 Å². The van der Waals surface area contributed by atoms with Gasteiger partial charge in [-0.2, -0.15) is 0 Å². The molecule has 0 saturated carbocycles. The van der Waals surface area contributed by atoms with Crippen LogP contribution < -0.4 is 4.72 Å². The summed E-state index contributed by atoms with van der Waals surface area (Å²) < 4.78 is 28.7. The molecule has 1 atom stereocenters. The van der Waals surface area contributed by atoms with Crippen molar-refractivity contribution in [1.29, 1.82) is 0 Å². The minimum Gasteiger partial charge on any atom is -0.295 e. The van der Waals surface area contributed by atoms with Crippen molar-refractivity contribution in [2.75, 3.05) is 19.6 Å². The summed E-state index contributed by atoms with van der Waals surface area (Å²) in [5, 5.41) is 0. The van der Waals surface area contributed by atoms with E-state index in [1.54, 1.807) is 24.3 Å². The molecule has 4 nitrogen and oxygen atoms in total. The van der Waals surface area contributed by atoms with Gasteiger partial charge >= 0.3 is 0 Å². The fourth-order valence-corrected chi connectivity index (χ4v) is 5.15. The fourth-order valence-electron chi connectivity index (χ4n) is 3.12. The van der Waals surface area contributed by atoms with E-state index in [1.807, 2.05) is 18.2 Å². The van der Waals surface area contributed by atoms with Gasteiger partial charge in [-0.15, -0.1) is 0 Å². The lowest BCUT2D eigenvalue weighted by molar-refractivity contribution is 0.246. The molecule has 1 aliphatic rings. The number of benzene rings is 2. The highest BCUT2D eigenvalue weighted by Crippen LogP contribution is 2.26. The summed E-state index contributed by atoms with van der Waals surface area (Å²) in [7, 11) is -3.55. The molecule has 0 amide bonds. The molecule has 0 radical (unpaired) electrons. The first-order chi connectivity index (χ1) is 11.6. The van der Waals surface area contributed by atoms with Gasteiger partial charge in [0, 0.05) is 17.1 Å². The normalized spacial score (nSPS) is 17.0. The van der Waals surface area contributed by atoms with Gasteiger partial charge in [0.1, 0.15) is 0 Å². The molecule has 128 valence electrons. The van der Waals surface area contributed by atoms with E-state index in [0.29, 0.717) is 11.0 Å². The van der Waals surface area contributed by atoms with E-state index in [2.05, 4.69) is 37.7 Å². The quantitative estimate of drug-likeness (QED) is 0.794. The first-order valence-electron chi connectivity index (χ1n) is 8.11. The van der Waals surface area contributed by atoms with Crippen molar-refractivity contribution in [3.8, 4) is 0 Å². The molecule has 24 heavy (non-hydrogen) atoms. The van der Waals surface area contributed by atoms with Crippen molar-refractivity contribution in [2.45, 2.75) is 23.8 Å². The first kappa shape index (κ1) is 17.6. The van der Waals surface area contributed by atoms with Crippen molar-refractivity contribution >= 4 is 26.0 Å². The van der Waals surface area contributed by atoms with Crippen molar-refractivity contribution in [3.05, 3.63) is 64.6 Å². The van der Waals surface area contributed by atoms with Crippen LogP contribution >= 0.6 is 15.9 Å². The average molecular weight is 409 g/mol. The maximum absolute atomic E-state index is 12.6. The molecule has 0 unspecified atom stereocenters. The van der Waals surface area contributed by atoms with Gasteiger partial charge < -0.3 is 0 Å². The van der Waals surface area contributed by atoms with E-state index in [4.69, 9.17) is 0 Å². The third kappa shape index (κ3) is 4.06. The Morgan fingerprint density at radius 3 is 2.29 bits per heavy atom. The number of likely N-dealkylation sites (tertiary alicyclic amines) is 1. The SMILES string of the molecule is O=S(=O)(NC[C@H](c1ccccc1)N1CCCC1)c1ccccc1Br. The highest BCUT2D eigenvalue weighted by Gasteiger charge is 2.26. The number of rotatable bonds is 6. The fraction of sp³-hybridized carbons (Fsp3) is 0.333. The minimum atomic E-state index is -3.55. The summed E-state index contributed by atoms with van der Waals surface area (Å²) >= 11 is 3.32. The zero-order valence-corrected chi connectivity index (χ0v) is 15.8. The molecule has 1 N–H and O–H groups in total. The molecule has 0 spiro atoms. The number of hydrogen-bond donors (Lipinski definition) is 1. The lowest BCUT2D eigenvalue weighted by Gasteiger charge is -2.28. The molecule has 1 fully saturated rings. The first-order valence-corrected chi connectivity index (χ1v) is 10.4. The smallest absolute Gasteiger partial charge is 0.241 e. The van der Waals surface area contributed by atoms with Crippen LogP contribution in [0, 0.1) is 0 Å². The van der Waals surface area contributed by atoms with Crippen LogP contribution in [0.3, 0.4) is 0 Å². The predicted octanol–water partition coefficient (Wildman–Crippen LogP) is 3.56. The predicted molar refractivity (Wildman–Crippen MR) is 99.3 cm³/mol. The minimum absolute atomic E-state index is 0.0611. The molecular formula is C18H21BrN2O2S. The van der Waals surface area contributed by atoms with E-state index >= 15 is 0 Å². The second-order valence-corrected chi connectivity index (χ2v) is 8.54. The highest BCUT2D eigenvalue weighted by molar-refractivity contribution is 9.10. The van der Waals surface area contributed by atoms with E-state index in [9.17, 15) is 8.42 Å². The van der Waals surface area contributed by atoms with Crippen molar-refractivity contribution in [1.82, 2.24) is 9.62 Å². The summed E-state index contributed by atoms with van der Waals surface area (Å²) in [6.07, 6.45) is 2.33. The zero-order chi connectivity index (χ0) is 17.0. The van der Waals surface area contributed by atoms with Crippen LogP contribution in [0.1, 0.15) is 24.4 Å². The van der Waals surface area contributed by atoms with Crippen LogP contribution in [0.2, 0.25) is 0 Å². The van der Waals surface area contributed by atoms with Crippen LogP contribution in [-0.2, 0) is 10.0 Å². The molecule has 2 aromatic rings. The molecule has 1 heterocycles. The monoisotopic (exact) mass is 408 g/mol. The number of hydrogen-bond acceptors (Lipinski definition) is 3. The van der Waals surface area contributed by atoms with E-state index < -0.39 is 10.0 Å². The Bertz CT molecular complexity index is 775. The molecule has 0 aromatic heterocycles. The molecule has 0 bridgehead atoms. The number of sulfonamides is 1. The summed E-state index contributed by atoms with van der Waals surface area (Å²) in [5.74, 6) is 0. The maximum Gasteiger partial charge on any atom is 0.241 e. The lowest BCUT2D eigenvalue weighted by atomic mass is 10.1. The third-order valence-corrected chi connectivity index (χ3v) is 6.79. The van der Waals surface area contributed by atoms with Crippen LogP contribution in [0.4, 0.5) is 0 Å². The Hall–Kier alpha value is -1.21. The van der Waals surface area contributed by atoms with Crippen LogP contribution in [0.25, 0.3) is 0 Å². The lowest BCUT2D eigenvalue weighted by Crippen LogP contribution is -2.36. The Labute approximate surface area is 152 Å². The Balaban J connectivity index is 1.80. The van der Waals surface area contributed by atoms with E-state index in [-0.39, 0.29) is 10.9 Å². The van der Waals surface area contributed by atoms with Gasteiger partial charge in [0.2, 0.25) is 10.0 Å². The summed E-state index contributed by atoms with van der Waals surface area (Å²) in [4.78, 5) is 2.64. The molecule has 1 aliphatic heterocycles. The number of nitrogens with one attached hydrogen (secondary N) is 1. The highest BCUT2D eigenvalue weighted by atomic mass is 79.9. The average Bonchev–Trinajstić information content (AvgIpc) is 3.10. The summed E-state index contributed by atoms with van der Waals surface area (Å²) in [6.45, 7) is 2.39. The van der Waals surface area contributed by atoms with Gasteiger partial charge in [0.15, 0.2) is 0 Å². The molecular weight excluding hydrogens is 388 g/mol.